The molecule has 0 aliphatic carbocycles. The van der Waals surface area contributed by atoms with E-state index in [0.29, 0.717) is 17.9 Å². The highest BCUT2D eigenvalue weighted by atomic mass is 19.1. The number of carbonyl (C=O) groups excluding carboxylic acids is 1. The monoisotopic (exact) mass is 347 g/mol. The molecule has 2 rings (SSSR count). The van der Waals surface area contributed by atoms with Crippen molar-refractivity contribution in [3.8, 4) is 5.75 Å². The minimum absolute atomic E-state index is 0.0189. The normalized spacial score (nSPS) is 13.1. The van der Waals surface area contributed by atoms with E-state index in [4.69, 9.17) is 4.74 Å². The predicted octanol–water partition coefficient (Wildman–Crippen LogP) is 2.70. The van der Waals surface area contributed by atoms with Gasteiger partial charge in [-0.25, -0.2) is 9.18 Å². The summed E-state index contributed by atoms with van der Waals surface area (Å²) in [6.07, 6.45) is -0.705. The Kier molecular flexibility index (Phi) is 6.91. The zero-order chi connectivity index (χ0) is 18.2. The lowest BCUT2D eigenvalue weighted by Crippen LogP contribution is -2.33. The van der Waals surface area contributed by atoms with E-state index in [1.807, 2.05) is 6.92 Å². The molecule has 2 N–H and O–H groups in total. The second kappa shape index (κ2) is 9.15. The van der Waals surface area contributed by atoms with Crippen LogP contribution < -0.4 is 10.1 Å². The fourth-order valence-electron chi connectivity index (χ4n) is 2.24. The van der Waals surface area contributed by atoms with Crippen molar-refractivity contribution in [1.29, 1.82) is 0 Å². The predicted molar refractivity (Wildman–Crippen MR) is 92.1 cm³/mol. The van der Waals surface area contributed by atoms with Crippen molar-refractivity contribution in [1.82, 2.24) is 5.32 Å². The average Bonchev–Trinajstić information content (AvgIpc) is 2.64. The van der Waals surface area contributed by atoms with Gasteiger partial charge in [0.2, 0.25) is 0 Å². The molecular formula is C19H22FNO4. The Hall–Kier alpha value is -2.44. The molecule has 0 saturated carbocycles. The third kappa shape index (κ3) is 5.85. The van der Waals surface area contributed by atoms with Gasteiger partial charge in [0, 0.05) is 12.6 Å². The number of nitrogens with one attached hydrogen (secondary N) is 1. The van der Waals surface area contributed by atoms with Gasteiger partial charge in [-0.05, 0) is 48.9 Å². The Balaban J connectivity index is 1.75. The number of hydrogen-bond acceptors (Lipinski definition) is 5. The molecule has 5 nitrogen and oxygen atoms in total. The number of ether oxygens (including phenoxy) is 2. The molecule has 2 atom stereocenters. The fourth-order valence-corrected chi connectivity index (χ4v) is 2.24. The van der Waals surface area contributed by atoms with Gasteiger partial charge in [-0.2, -0.15) is 0 Å². The first-order chi connectivity index (χ1) is 12.0. The number of methoxy groups -OCH3 is 1. The van der Waals surface area contributed by atoms with E-state index in [1.54, 1.807) is 36.4 Å². The average molecular weight is 347 g/mol. The zero-order valence-corrected chi connectivity index (χ0v) is 14.2. The van der Waals surface area contributed by atoms with Gasteiger partial charge >= 0.3 is 5.97 Å². The van der Waals surface area contributed by atoms with Crippen molar-refractivity contribution < 1.29 is 23.8 Å². The second-order valence-electron chi connectivity index (χ2n) is 5.66. The Morgan fingerprint density at radius 2 is 1.80 bits per heavy atom. The van der Waals surface area contributed by atoms with Gasteiger partial charge in [0.15, 0.2) is 0 Å². The van der Waals surface area contributed by atoms with Crippen LogP contribution in [0.2, 0.25) is 0 Å². The molecule has 0 amide bonds. The van der Waals surface area contributed by atoms with E-state index < -0.39 is 12.1 Å². The summed E-state index contributed by atoms with van der Waals surface area (Å²) in [5, 5.41) is 13.2. The lowest BCUT2D eigenvalue weighted by atomic mass is 10.1. The van der Waals surface area contributed by atoms with Gasteiger partial charge < -0.3 is 19.9 Å². The number of rotatable bonds is 8. The maximum Gasteiger partial charge on any atom is 0.337 e. The summed E-state index contributed by atoms with van der Waals surface area (Å²) in [6, 6.07) is 12.7. The molecule has 6 heteroatoms. The summed E-state index contributed by atoms with van der Waals surface area (Å²) in [5.41, 5.74) is 1.37. The van der Waals surface area contributed by atoms with Crippen LogP contribution in [0.3, 0.4) is 0 Å². The number of hydrogen-bond donors (Lipinski definition) is 2. The number of aliphatic hydroxyl groups excluding tert-OH is 1. The van der Waals surface area contributed by atoms with Crippen LogP contribution in [0.4, 0.5) is 4.39 Å². The highest BCUT2D eigenvalue weighted by molar-refractivity contribution is 5.89. The molecular weight excluding hydrogens is 325 g/mol. The van der Waals surface area contributed by atoms with Crippen LogP contribution in [0.5, 0.6) is 5.75 Å². The van der Waals surface area contributed by atoms with Crippen molar-refractivity contribution in [2.24, 2.45) is 0 Å². The van der Waals surface area contributed by atoms with E-state index in [0.717, 1.165) is 5.56 Å². The van der Waals surface area contributed by atoms with Gasteiger partial charge in [-0.3, -0.25) is 0 Å². The van der Waals surface area contributed by atoms with Crippen LogP contribution in [0.25, 0.3) is 0 Å². The molecule has 0 radical (unpaired) electrons. The van der Waals surface area contributed by atoms with E-state index in [1.165, 1.54) is 19.2 Å². The molecule has 0 bridgehead atoms. The maximum absolute atomic E-state index is 12.9. The molecule has 0 fully saturated rings. The van der Waals surface area contributed by atoms with Crippen molar-refractivity contribution >= 4 is 5.97 Å². The number of esters is 1. The lowest BCUT2D eigenvalue weighted by molar-refractivity contribution is 0.0600. The van der Waals surface area contributed by atoms with Gasteiger partial charge in [0.05, 0.1) is 12.7 Å². The van der Waals surface area contributed by atoms with Crippen molar-refractivity contribution in [3.63, 3.8) is 0 Å². The van der Waals surface area contributed by atoms with Crippen LogP contribution in [-0.4, -0.2) is 37.4 Å². The molecule has 25 heavy (non-hydrogen) atoms. The summed E-state index contributed by atoms with van der Waals surface area (Å²) in [7, 11) is 1.32. The third-order valence-corrected chi connectivity index (χ3v) is 3.75. The topological polar surface area (TPSA) is 67.8 Å². The number of benzene rings is 2. The maximum atomic E-state index is 12.9. The van der Waals surface area contributed by atoms with Crippen LogP contribution in [0.1, 0.15) is 28.9 Å². The molecule has 2 unspecified atom stereocenters. The molecule has 134 valence electrons. The summed E-state index contributed by atoms with van der Waals surface area (Å²) in [6.45, 7) is 2.38. The van der Waals surface area contributed by atoms with E-state index in [9.17, 15) is 14.3 Å². The molecule has 0 spiro atoms. The first-order valence-corrected chi connectivity index (χ1v) is 7.97. The number of halogens is 1. The van der Waals surface area contributed by atoms with Gasteiger partial charge in [0.25, 0.3) is 0 Å². The number of carbonyl (C=O) groups is 1. The van der Waals surface area contributed by atoms with Crippen molar-refractivity contribution in [2.45, 2.75) is 19.1 Å². The Morgan fingerprint density at radius 1 is 1.16 bits per heavy atom. The molecule has 0 aliphatic rings. The minimum atomic E-state index is -0.705. The summed E-state index contributed by atoms with van der Waals surface area (Å²) in [4.78, 5) is 11.3. The highest BCUT2D eigenvalue weighted by Crippen LogP contribution is 2.14. The molecule has 2 aromatic rings. The Labute approximate surface area is 146 Å². The lowest BCUT2D eigenvalue weighted by Gasteiger charge is -2.18. The van der Waals surface area contributed by atoms with Crippen molar-refractivity contribution in [2.75, 3.05) is 20.3 Å². The largest absolute Gasteiger partial charge is 0.491 e. The molecule has 2 aromatic carbocycles. The van der Waals surface area contributed by atoms with Crippen LogP contribution in [0.15, 0.2) is 48.5 Å². The SMILES string of the molecule is COC(=O)c1ccc(OCC(O)CNC(C)c2ccc(F)cc2)cc1. The van der Waals surface area contributed by atoms with Crippen molar-refractivity contribution in [3.05, 3.63) is 65.5 Å². The van der Waals surface area contributed by atoms with Gasteiger partial charge in [-0.1, -0.05) is 12.1 Å². The van der Waals surface area contributed by atoms with E-state index in [2.05, 4.69) is 10.1 Å². The van der Waals surface area contributed by atoms with Gasteiger partial charge in [-0.15, -0.1) is 0 Å². The Morgan fingerprint density at radius 3 is 2.40 bits per heavy atom. The van der Waals surface area contributed by atoms with E-state index >= 15 is 0 Å². The standard InChI is InChI=1S/C19H22FNO4/c1-13(14-3-7-16(20)8-4-14)21-11-17(22)12-25-18-9-5-15(6-10-18)19(23)24-2/h3-10,13,17,21-22H,11-12H2,1-2H3. The van der Waals surface area contributed by atoms with Crippen LogP contribution in [-0.2, 0) is 4.74 Å². The zero-order valence-electron chi connectivity index (χ0n) is 14.2. The van der Waals surface area contributed by atoms with Crippen LogP contribution in [0, 0.1) is 5.82 Å². The molecule has 0 saturated heterocycles. The highest BCUT2D eigenvalue weighted by Gasteiger charge is 2.10. The van der Waals surface area contributed by atoms with Gasteiger partial charge in [0.1, 0.15) is 24.3 Å². The first kappa shape index (κ1) is 18.9. The minimum Gasteiger partial charge on any atom is -0.491 e. The first-order valence-electron chi connectivity index (χ1n) is 7.97. The third-order valence-electron chi connectivity index (χ3n) is 3.75. The van der Waals surface area contributed by atoms with E-state index in [-0.39, 0.29) is 18.5 Å². The Bertz CT molecular complexity index is 673. The second-order valence-corrected chi connectivity index (χ2v) is 5.66. The van der Waals surface area contributed by atoms with Crippen LogP contribution >= 0.6 is 0 Å². The smallest absolute Gasteiger partial charge is 0.337 e. The summed E-state index contributed by atoms with van der Waals surface area (Å²) in [5.74, 6) is -0.133. The molecule has 0 heterocycles. The summed E-state index contributed by atoms with van der Waals surface area (Å²) < 4.78 is 23.0. The quantitative estimate of drug-likeness (QED) is 0.719. The summed E-state index contributed by atoms with van der Waals surface area (Å²) >= 11 is 0. The number of aliphatic hydroxyl groups is 1. The molecule has 0 aliphatic heterocycles. The molecule has 0 aromatic heterocycles. The fraction of sp³-hybridized carbons (Fsp3) is 0.316.